The second kappa shape index (κ2) is 11.5. The number of nitrogens with two attached hydrogens (primary N) is 1. The number of carbonyl (C=O) groups is 1. The lowest BCUT2D eigenvalue weighted by molar-refractivity contribution is 0.102. The summed E-state index contributed by atoms with van der Waals surface area (Å²) < 4.78 is 37.9. The van der Waals surface area contributed by atoms with Crippen LogP contribution in [0.2, 0.25) is 0 Å². The number of amides is 1. The number of methoxy groups -OCH3 is 1. The van der Waals surface area contributed by atoms with Crippen LogP contribution in [0.3, 0.4) is 0 Å². The van der Waals surface area contributed by atoms with E-state index in [-0.39, 0.29) is 39.2 Å². The normalized spacial score (nSPS) is 13.4. The van der Waals surface area contributed by atoms with E-state index in [1.165, 1.54) is 38.8 Å². The number of rotatable bonds is 8. The van der Waals surface area contributed by atoms with Crippen molar-refractivity contribution in [1.29, 1.82) is 0 Å². The zero-order valence-electron chi connectivity index (χ0n) is 19.7. The average Bonchev–Trinajstić information content (AvgIpc) is 3.63. The number of nitrogens with one attached hydrogen (secondary N) is 1. The van der Waals surface area contributed by atoms with Gasteiger partial charge < -0.3 is 15.2 Å². The summed E-state index contributed by atoms with van der Waals surface area (Å²) in [4.78, 5) is 25.0. The van der Waals surface area contributed by atoms with Gasteiger partial charge in [0.25, 0.3) is 12.3 Å². The molecule has 37 heavy (non-hydrogen) atoms. The molecule has 4 rings (SSSR count). The van der Waals surface area contributed by atoms with Gasteiger partial charge in [0.05, 0.1) is 25.1 Å². The van der Waals surface area contributed by atoms with Crippen molar-refractivity contribution in [1.82, 2.24) is 20.2 Å². The van der Waals surface area contributed by atoms with Crippen LogP contribution in [0.4, 0.5) is 13.9 Å². The van der Waals surface area contributed by atoms with Crippen LogP contribution in [0, 0.1) is 17.8 Å². The molecule has 3 heterocycles. The van der Waals surface area contributed by atoms with Crippen molar-refractivity contribution in [2.24, 2.45) is 16.6 Å². The number of alkyl halides is 2. The molecule has 1 amide bonds. The number of carbonyl (C=O) groups excluding carboxylic acids is 1. The molecule has 0 spiro atoms. The minimum Gasteiger partial charge on any atom is -0.494 e. The monoisotopic (exact) mass is 525 g/mol. The van der Waals surface area contributed by atoms with Gasteiger partial charge in [0.15, 0.2) is 10.8 Å². The number of aromatic nitrogens is 4. The van der Waals surface area contributed by atoms with Gasteiger partial charge in [0.2, 0.25) is 11.0 Å². The molecule has 0 aromatic carbocycles. The van der Waals surface area contributed by atoms with Gasteiger partial charge in [-0.25, -0.2) is 13.8 Å². The number of hydrogen-bond donors (Lipinski definition) is 2. The second-order valence-electron chi connectivity index (χ2n) is 7.65. The van der Waals surface area contributed by atoms with Gasteiger partial charge in [-0.15, -0.1) is 10.2 Å². The number of nitrogens with zero attached hydrogens (tertiary/aromatic N) is 5. The molecular weight excluding hydrogens is 504 g/mol. The first-order valence-corrected chi connectivity index (χ1v) is 11.7. The molecule has 0 radical (unpaired) electrons. The molecule has 190 valence electrons. The Morgan fingerprint density at radius 3 is 2.76 bits per heavy atom. The number of hydrogen-bond acceptors (Lipinski definition) is 10. The lowest BCUT2D eigenvalue weighted by Crippen LogP contribution is -2.14. The molecule has 3 aromatic heterocycles. The van der Waals surface area contributed by atoms with E-state index in [2.05, 4.69) is 42.3 Å². The number of ether oxygens (including phenoxy) is 2. The van der Waals surface area contributed by atoms with Crippen molar-refractivity contribution in [3.63, 3.8) is 0 Å². The Morgan fingerprint density at radius 1 is 1.27 bits per heavy atom. The Kier molecular flexibility index (Phi) is 7.99. The van der Waals surface area contributed by atoms with E-state index in [4.69, 9.17) is 15.2 Å². The van der Waals surface area contributed by atoms with Crippen molar-refractivity contribution in [2.45, 2.75) is 19.3 Å². The Balaban J connectivity index is 1.73. The van der Waals surface area contributed by atoms with Gasteiger partial charge in [-0.2, -0.15) is 0 Å². The zero-order chi connectivity index (χ0) is 26.4. The first-order valence-electron chi connectivity index (χ1n) is 10.9. The van der Waals surface area contributed by atoms with Crippen molar-refractivity contribution < 1.29 is 23.0 Å². The standard InChI is InChI=1S/C24H21F2N7O3S/c1-28-10-14(9-27)36-20-8-15(16-7-18(22(25)26)29-12-19(16)35-2)17(11-30-20)23(34)31-24-33-32-21(37-24)6-5-13-3-4-13/h7-13,22H,3-4,27H2,1-2H3,(H,31,33,34)/b14-9+,28-10?. The molecular formula is C24H21F2N7O3S. The van der Waals surface area contributed by atoms with E-state index < -0.39 is 18.0 Å². The molecule has 13 heteroatoms. The van der Waals surface area contributed by atoms with Crippen LogP contribution >= 0.6 is 11.3 Å². The predicted octanol–water partition coefficient (Wildman–Crippen LogP) is 3.83. The maximum atomic E-state index is 13.5. The summed E-state index contributed by atoms with van der Waals surface area (Å²) >= 11 is 1.12. The third-order valence-corrected chi connectivity index (χ3v) is 5.75. The summed E-state index contributed by atoms with van der Waals surface area (Å²) in [6.07, 6.45) is 4.25. The van der Waals surface area contributed by atoms with Crippen LogP contribution in [0.1, 0.15) is 40.3 Å². The van der Waals surface area contributed by atoms with Crippen LogP contribution in [0.15, 0.2) is 41.5 Å². The van der Waals surface area contributed by atoms with E-state index in [0.717, 1.165) is 36.4 Å². The number of halogens is 2. The summed E-state index contributed by atoms with van der Waals surface area (Å²) in [5.41, 5.74) is 5.49. The SMILES string of the molecule is CN=C/C(=C\N)Oc1cc(-c2cc(C(F)F)ncc2OC)c(C(=O)Nc2nnc(C#CC3CC3)s2)cn1. The van der Waals surface area contributed by atoms with Crippen LogP contribution in [-0.2, 0) is 0 Å². The fourth-order valence-electron chi connectivity index (χ4n) is 3.08. The third kappa shape index (κ3) is 6.42. The highest BCUT2D eigenvalue weighted by Crippen LogP contribution is 2.36. The van der Waals surface area contributed by atoms with Gasteiger partial charge >= 0.3 is 0 Å². The molecule has 1 aliphatic rings. The third-order valence-electron chi connectivity index (χ3n) is 4.99. The summed E-state index contributed by atoms with van der Waals surface area (Å²) in [7, 11) is 2.89. The van der Waals surface area contributed by atoms with Gasteiger partial charge in [0, 0.05) is 42.6 Å². The quantitative estimate of drug-likeness (QED) is 0.257. The molecule has 0 aliphatic heterocycles. The van der Waals surface area contributed by atoms with E-state index in [1.54, 1.807) is 0 Å². The fraction of sp³-hybridized carbons (Fsp3) is 0.250. The highest BCUT2D eigenvalue weighted by Gasteiger charge is 2.22. The Labute approximate surface area is 214 Å². The summed E-state index contributed by atoms with van der Waals surface area (Å²) in [6, 6.07) is 2.55. The molecule has 0 saturated heterocycles. The minimum atomic E-state index is -2.84. The average molecular weight is 526 g/mol. The van der Waals surface area contributed by atoms with Crippen molar-refractivity contribution >= 4 is 28.6 Å². The molecule has 1 fully saturated rings. The molecule has 3 N–H and O–H groups in total. The molecule has 3 aromatic rings. The first kappa shape index (κ1) is 25.6. The van der Waals surface area contributed by atoms with Crippen molar-refractivity contribution in [3.8, 4) is 34.6 Å². The number of aliphatic imine (C=N–C) groups is 1. The van der Waals surface area contributed by atoms with E-state index in [1.807, 2.05) is 0 Å². The lowest BCUT2D eigenvalue weighted by atomic mass is 10.00. The largest absolute Gasteiger partial charge is 0.494 e. The highest BCUT2D eigenvalue weighted by molar-refractivity contribution is 7.15. The minimum absolute atomic E-state index is 0.0363. The van der Waals surface area contributed by atoms with Crippen LogP contribution < -0.4 is 20.5 Å². The fourth-order valence-corrected chi connectivity index (χ4v) is 3.68. The van der Waals surface area contributed by atoms with E-state index >= 15 is 0 Å². The highest BCUT2D eigenvalue weighted by atomic mass is 32.1. The van der Waals surface area contributed by atoms with Crippen LogP contribution in [-0.4, -0.2) is 46.4 Å². The lowest BCUT2D eigenvalue weighted by Gasteiger charge is -2.15. The Hall–Kier alpha value is -4.44. The molecule has 0 bridgehead atoms. The maximum Gasteiger partial charge on any atom is 0.280 e. The van der Waals surface area contributed by atoms with Crippen LogP contribution in [0.25, 0.3) is 11.1 Å². The zero-order valence-corrected chi connectivity index (χ0v) is 20.6. The maximum absolute atomic E-state index is 13.5. The Bertz CT molecular complexity index is 1430. The first-order chi connectivity index (χ1) is 17.9. The topological polar surface area (TPSA) is 138 Å². The summed E-state index contributed by atoms with van der Waals surface area (Å²) in [5, 5.41) is 11.3. The molecule has 0 unspecified atom stereocenters. The molecule has 1 aliphatic carbocycles. The van der Waals surface area contributed by atoms with E-state index in [0.29, 0.717) is 10.9 Å². The van der Waals surface area contributed by atoms with E-state index in [9.17, 15) is 13.6 Å². The van der Waals surface area contributed by atoms with Crippen molar-refractivity contribution in [2.75, 3.05) is 19.5 Å². The van der Waals surface area contributed by atoms with Crippen molar-refractivity contribution in [3.05, 3.63) is 52.8 Å². The number of allylic oxidation sites excluding steroid dienone is 1. The summed E-state index contributed by atoms with van der Waals surface area (Å²) in [5.74, 6) is 6.19. The molecule has 1 saturated carbocycles. The molecule has 10 nitrogen and oxygen atoms in total. The summed E-state index contributed by atoms with van der Waals surface area (Å²) in [6.45, 7) is 0. The van der Waals surface area contributed by atoms with Gasteiger partial charge in [-0.1, -0.05) is 17.3 Å². The molecule has 0 atom stereocenters. The predicted molar refractivity (Wildman–Crippen MR) is 134 cm³/mol. The smallest absolute Gasteiger partial charge is 0.280 e. The number of pyridine rings is 2. The Morgan fingerprint density at radius 2 is 2.08 bits per heavy atom. The van der Waals surface area contributed by atoms with Gasteiger partial charge in [-0.3, -0.25) is 20.1 Å². The van der Waals surface area contributed by atoms with Gasteiger partial charge in [0.1, 0.15) is 11.4 Å². The van der Waals surface area contributed by atoms with Crippen LogP contribution in [0.5, 0.6) is 11.6 Å². The number of anilines is 1. The van der Waals surface area contributed by atoms with Gasteiger partial charge in [-0.05, 0) is 24.8 Å². The second-order valence-corrected chi connectivity index (χ2v) is 8.62.